The van der Waals surface area contributed by atoms with E-state index in [0.29, 0.717) is 4.77 Å². The van der Waals surface area contributed by atoms with Crippen molar-refractivity contribution in [1.82, 2.24) is 9.55 Å². The first-order valence-corrected chi connectivity index (χ1v) is 5.60. The molecule has 0 aliphatic carbocycles. The summed E-state index contributed by atoms with van der Waals surface area (Å²) in [6.07, 6.45) is 1.73. The predicted molar refractivity (Wildman–Crippen MR) is 67.4 cm³/mol. The molecule has 0 fully saturated rings. The van der Waals surface area contributed by atoms with Crippen LogP contribution in [0.5, 0.6) is 0 Å². The molecule has 0 saturated carbocycles. The minimum Gasteiger partial charge on any atom is -0.480 e. The number of aromatic nitrogens is 2. The number of carboxylic acids is 1. The summed E-state index contributed by atoms with van der Waals surface area (Å²) < 4.78 is 1.96. The summed E-state index contributed by atoms with van der Waals surface area (Å²) in [5.74, 6) is -0.903. The fourth-order valence-corrected chi connectivity index (χ4v) is 1.90. The SMILES string of the molecule is CC(C(=O)O)n1cc(-c2ccccc2)[nH]c1=S. The highest BCUT2D eigenvalue weighted by atomic mass is 32.1. The summed E-state index contributed by atoms with van der Waals surface area (Å²) in [6, 6.07) is 8.98. The van der Waals surface area contributed by atoms with E-state index in [0.717, 1.165) is 11.3 Å². The summed E-state index contributed by atoms with van der Waals surface area (Å²) in [6.45, 7) is 1.60. The van der Waals surface area contributed by atoms with Gasteiger partial charge in [0.25, 0.3) is 0 Å². The van der Waals surface area contributed by atoms with E-state index in [1.54, 1.807) is 17.7 Å². The molecule has 88 valence electrons. The Bertz CT molecular complexity index is 586. The Morgan fingerprint density at radius 1 is 1.41 bits per heavy atom. The van der Waals surface area contributed by atoms with Crippen molar-refractivity contribution in [2.45, 2.75) is 13.0 Å². The van der Waals surface area contributed by atoms with Crippen molar-refractivity contribution in [2.24, 2.45) is 0 Å². The number of aromatic amines is 1. The summed E-state index contributed by atoms with van der Waals surface area (Å²) in [5.41, 5.74) is 1.80. The first kappa shape index (κ1) is 11.6. The van der Waals surface area contributed by atoms with Crippen LogP contribution in [0.25, 0.3) is 11.3 Å². The fraction of sp³-hybridized carbons (Fsp3) is 0.167. The number of nitrogens with zero attached hydrogens (tertiary/aromatic N) is 1. The van der Waals surface area contributed by atoms with Gasteiger partial charge in [-0.25, -0.2) is 4.79 Å². The number of hydrogen-bond acceptors (Lipinski definition) is 2. The molecule has 5 heteroatoms. The monoisotopic (exact) mass is 248 g/mol. The third kappa shape index (κ3) is 2.29. The number of carboxylic acid groups (broad SMARTS) is 1. The van der Waals surface area contributed by atoms with Crippen LogP contribution in [-0.4, -0.2) is 20.6 Å². The largest absolute Gasteiger partial charge is 0.480 e. The number of carbonyl (C=O) groups is 1. The number of H-pyrrole nitrogens is 1. The van der Waals surface area contributed by atoms with Crippen molar-refractivity contribution in [1.29, 1.82) is 0 Å². The maximum atomic E-state index is 10.9. The Kier molecular flexibility index (Phi) is 3.10. The van der Waals surface area contributed by atoms with E-state index in [9.17, 15) is 4.79 Å². The minimum absolute atomic E-state index is 0.416. The Morgan fingerprint density at radius 2 is 2.06 bits per heavy atom. The van der Waals surface area contributed by atoms with Gasteiger partial charge in [0, 0.05) is 6.20 Å². The summed E-state index contributed by atoms with van der Waals surface area (Å²) >= 11 is 5.11. The van der Waals surface area contributed by atoms with Crippen LogP contribution in [0.1, 0.15) is 13.0 Å². The average molecular weight is 248 g/mol. The lowest BCUT2D eigenvalue weighted by atomic mass is 10.2. The second kappa shape index (κ2) is 4.55. The Labute approximate surface area is 104 Å². The maximum Gasteiger partial charge on any atom is 0.326 e. The Morgan fingerprint density at radius 3 is 2.65 bits per heavy atom. The summed E-state index contributed by atoms with van der Waals surface area (Å²) in [5, 5.41) is 8.96. The molecule has 2 aromatic rings. The van der Waals surface area contributed by atoms with E-state index >= 15 is 0 Å². The van der Waals surface area contributed by atoms with Crippen LogP contribution in [0.3, 0.4) is 0 Å². The van der Waals surface area contributed by atoms with Crippen molar-refractivity contribution in [3.63, 3.8) is 0 Å². The van der Waals surface area contributed by atoms with E-state index in [2.05, 4.69) is 4.98 Å². The molecule has 1 unspecified atom stereocenters. The normalized spacial score (nSPS) is 12.3. The van der Waals surface area contributed by atoms with Crippen LogP contribution in [0.2, 0.25) is 0 Å². The standard InChI is InChI=1S/C12H12N2O2S/c1-8(11(15)16)14-7-10(13-12(14)17)9-5-3-2-4-6-9/h2-8H,1H3,(H,13,17)(H,15,16). The molecule has 2 rings (SSSR count). The van der Waals surface area contributed by atoms with Crippen molar-refractivity contribution < 1.29 is 9.90 Å². The molecular weight excluding hydrogens is 236 g/mol. The van der Waals surface area contributed by atoms with E-state index in [1.807, 2.05) is 30.3 Å². The second-order valence-corrected chi connectivity index (χ2v) is 4.15. The highest BCUT2D eigenvalue weighted by molar-refractivity contribution is 7.71. The molecule has 0 spiro atoms. The molecule has 0 aliphatic rings. The maximum absolute atomic E-state index is 10.9. The van der Waals surface area contributed by atoms with E-state index in [-0.39, 0.29) is 0 Å². The molecule has 1 aromatic carbocycles. The van der Waals surface area contributed by atoms with Crippen LogP contribution in [0.15, 0.2) is 36.5 Å². The van der Waals surface area contributed by atoms with E-state index < -0.39 is 12.0 Å². The van der Waals surface area contributed by atoms with Gasteiger partial charge in [-0.15, -0.1) is 0 Å². The van der Waals surface area contributed by atoms with Gasteiger partial charge in [-0.05, 0) is 24.7 Å². The molecule has 0 aliphatic heterocycles. The number of imidazole rings is 1. The third-order valence-electron chi connectivity index (χ3n) is 2.60. The zero-order valence-corrected chi connectivity index (χ0v) is 10.1. The second-order valence-electron chi connectivity index (χ2n) is 3.76. The molecule has 0 amide bonds. The van der Waals surface area contributed by atoms with Crippen molar-refractivity contribution >= 4 is 18.2 Å². The minimum atomic E-state index is -0.903. The summed E-state index contributed by atoms with van der Waals surface area (Å²) in [7, 11) is 0. The van der Waals surface area contributed by atoms with Gasteiger partial charge in [-0.2, -0.15) is 0 Å². The molecular formula is C12H12N2O2S. The molecule has 4 nitrogen and oxygen atoms in total. The lowest BCUT2D eigenvalue weighted by Gasteiger charge is -2.06. The van der Waals surface area contributed by atoms with Crippen LogP contribution in [0.4, 0.5) is 0 Å². The van der Waals surface area contributed by atoms with E-state index in [1.165, 1.54) is 0 Å². The number of nitrogens with one attached hydrogen (secondary N) is 1. The van der Waals surface area contributed by atoms with Gasteiger partial charge >= 0.3 is 5.97 Å². The highest BCUT2D eigenvalue weighted by Crippen LogP contribution is 2.19. The Balaban J connectivity index is 2.45. The molecule has 0 radical (unpaired) electrons. The molecule has 2 N–H and O–H groups in total. The molecule has 1 heterocycles. The number of rotatable bonds is 3. The van der Waals surface area contributed by atoms with Gasteiger partial charge in [-0.1, -0.05) is 30.3 Å². The van der Waals surface area contributed by atoms with Crippen LogP contribution in [0, 0.1) is 4.77 Å². The average Bonchev–Trinajstić information content (AvgIpc) is 2.71. The highest BCUT2D eigenvalue weighted by Gasteiger charge is 2.15. The lowest BCUT2D eigenvalue weighted by molar-refractivity contribution is -0.140. The first-order valence-electron chi connectivity index (χ1n) is 5.19. The van der Waals surface area contributed by atoms with Crippen molar-refractivity contribution in [3.8, 4) is 11.3 Å². The van der Waals surface area contributed by atoms with Crippen LogP contribution in [-0.2, 0) is 4.79 Å². The molecule has 17 heavy (non-hydrogen) atoms. The lowest BCUT2D eigenvalue weighted by Crippen LogP contribution is -2.14. The molecule has 0 saturated heterocycles. The van der Waals surface area contributed by atoms with Gasteiger partial charge in [0.2, 0.25) is 0 Å². The molecule has 1 atom stereocenters. The van der Waals surface area contributed by atoms with Crippen LogP contribution >= 0.6 is 12.2 Å². The van der Waals surface area contributed by atoms with Gasteiger partial charge in [0.15, 0.2) is 4.77 Å². The Hall–Kier alpha value is -1.88. The number of hydrogen-bond donors (Lipinski definition) is 2. The van der Waals surface area contributed by atoms with Gasteiger partial charge in [0.1, 0.15) is 6.04 Å². The van der Waals surface area contributed by atoms with E-state index in [4.69, 9.17) is 17.3 Å². The smallest absolute Gasteiger partial charge is 0.326 e. The number of aliphatic carboxylic acids is 1. The zero-order valence-electron chi connectivity index (χ0n) is 9.25. The third-order valence-corrected chi connectivity index (χ3v) is 2.92. The quantitative estimate of drug-likeness (QED) is 0.821. The zero-order chi connectivity index (χ0) is 12.4. The fourth-order valence-electron chi connectivity index (χ4n) is 1.58. The topological polar surface area (TPSA) is 58.0 Å². The first-order chi connectivity index (χ1) is 8.09. The van der Waals surface area contributed by atoms with Crippen LogP contribution < -0.4 is 0 Å². The van der Waals surface area contributed by atoms with Crippen molar-refractivity contribution in [3.05, 3.63) is 41.3 Å². The molecule has 0 bridgehead atoms. The van der Waals surface area contributed by atoms with Gasteiger partial charge < -0.3 is 14.7 Å². The summed E-state index contributed by atoms with van der Waals surface area (Å²) in [4.78, 5) is 13.9. The molecule has 1 aromatic heterocycles. The van der Waals surface area contributed by atoms with Crippen molar-refractivity contribution in [2.75, 3.05) is 0 Å². The number of benzene rings is 1. The van der Waals surface area contributed by atoms with Gasteiger partial charge in [-0.3, -0.25) is 0 Å². The van der Waals surface area contributed by atoms with Gasteiger partial charge in [0.05, 0.1) is 5.69 Å². The predicted octanol–water partition coefficient (Wildman–Crippen LogP) is 2.86.